The molecule has 0 spiro atoms. The molecule has 12 heteroatoms. The summed E-state index contributed by atoms with van der Waals surface area (Å²) in [4.78, 5) is 53.0. The highest BCUT2D eigenvalue weighted by molar-refractivity contribution is 6.12. The number of rotatable bonds is 6. The minimum Gasteiger partial charge on any atom is -0.351 e. The number of halogens is 3. The number of alkyl halides is 2. The molecular formula is C31H27F3N6O3. The number of anilines is 2. The molecule has 43 heavy (non-hydrogen) atoms. The monoisotopic (exact) mass is 588 g/mol. The maximum absolute atomic E-state index is 14.8. The smallest absolute Gasteiger partial charge is 0.252 e. The number of aromatic nitrogens is 2. The van der Waals surface area contributed by atoms with E-state index < -0.39 is 59.9 Å². The summed E-state index contributed by atoms with van der Waals surface area (Å²) in [7, 11) is 0. The first-order chi connectivity index (χ1) is 20.6. The first kappa shape index (κ1) is 28.3. The van der Waals surface area contributed by atoms with Gasteiger partial charge in [0.25, 0.3) is 17.7 Å². The van der Waals surface area contributed by atoms with Gasteiger partial charge in [-0.1, -0.05) is 24.3 Å². The van der Waals surface area contributed by atoms with Gasteiger partial charge in [-0.05, 0) is 48.9 Å². The second-order valence-corrected chi connectivity index (χ2v) is 11.2. The number of nitrogens with one attached hydrogen (secondary N) is 1. The van der Waals surface area contributed by atoms with Crippen LogP contribution in [0.15, 0.2) is 61.1 Å². The Morgan fingerprint density at radius 1 is 1.12 bits per heavy atom. The van der Waals surface area contributed by atoms with E-state index >= 15 is 0 Å². The summed E-state index contributed by atoms with van der Waals surface area (Å²) in [5.41, 5.74) is -0.271. The molecule has 3 aliphatic rings. The topological polar surface area (TPSA) is 119 Å². The van der Waals surface area contributed by atoms with Gasteiger partial charge >= 0.3 is 0 Å². The fourth-order valence-electron chi connectivity index (χ4n) is 6.48. The van der Waals surface area contributed by atoms with E-state index in [1.165, 1.54) is 34.3 Å². The molecular weight excluding hydrogens is 561 g/mol. The number of hydrogen-bond donors (Lipinski definition) is 1. The Labute approximate surface area is 245 Å². The zero-order valence-electron chi connectivity index (χ0n) is 23.0. The van der Waals surface area contributed by atoms with Crippen molar-refractivity contribution < 1.29 is 27.6 Å². The van der Waals surface area contributed by atoms with E-state index in [2.05, 4.69) is 15.3 Å². The Balaban J connectivity index is 1.51. The summed E-state index contributed by atoms with van der Waals surface area (Å²) >= 11 is 0. The van der Waals surface area contributed by atoms with Gasteiger partial charge < -0.3 is 5.32 Å². The van der Waals surface area contributed by atoms with Crippen LogP contribution in [-0.2, 0) is 26.3 Å². The Morgan fingerprint density at radius 2 is 1.91 bits per heavy atom. The van der Waals surface area contributed by atoms with Crippen LogP contribution in [-0.4, -0.2) is 45.7 Å². The molecule has 1 saturated carbocycles. The van der Waals surface area contributed by atoms with Crippen LogP contribution in [0.3, 0.4) is 0 Å². The number of carbonyl (C=O) groups is 3. The highest BCUT2D eigenvalue weighted by Gasteiger charge is 2.56. The standard InChI is InChI=1S/C31H27F3N6O3/c32-21-13-23(18-36-17-21)40(28(42)25-7-8-27(41)39(25)26-12-19(16-35)9-11-37-26)31(29(43)38-22-14-30(33,34)15-22)10-3-5-20-4-1-2-6-24(20)31/h1-2,4,6,9,11-13,17-18,22,25H,3,5,7-8,10,14-15H2,(H,38,43)/t25-,31-/m0/s1. The molecule has 2 fully saturated rings. The summed E-state index contributed by atoms with van der Waals surface area (Å²) in [5.74, 6) is -5.32. The highest BCUT2D eigenvalue weighted by Crippen LogP contribution is 2.46. The molecule has 3 amide bonds. The second kappa shape index (κ2) is 10.8. The molecule has 3 aromatic rings. The average molecular weight is 589 g/mol. The van der Waals surface area contributed by atoms with Crippen molar-refractivity contribution >= 4 is 29.2 Å². The molecule has 3 heterocycles. The van der Waals surface area contributed by atoms with Gasteiger partial charge in [0.2, 0.25) is 5.91 Å². The second-order valence-electron chi connectivity index (χ2n) is 11.2. The third-order valence-electron chi connectivity index (χ3n) is 8.42. The lowest BCUT2D eigenvalue weighted by atomic mass is 9.73. The Morgan fingerprint density at radius 3 is 2.65 bits per heavy atom. The van der Waals surface area contributed by atoms with Crippen molar-refractivity contribution in [3.05, 3.63) is 83.6 Å². The number of aryl methyl sites for hydroxylation is 1. The number of nitriles is 1. The van der Waals surface area contributed by atoms with E-state index in [1.807, 2.05) is 12.1 Å². The van der Waals surface area contributed by atoms with E-state index in [0.717, 1.165) is 17.8 Å². The highest BCUT2D eigenvalue weighted by atomic mass is 19.3. The summed E-state index contributed by atoms with van der Waals surface area (Å²) < 4.78 is 42.3. The predicted octanol–water partition coefficient (Wildman–Crippen LogP) is 4.16. The van der Waals surface area contributed by atoms with E-state index in [1.54, 1.807) is 18.2 Å². The van der Waals surface area contributed by atoms with Crippen LogP contribution in [0.1, 0.15) is 55.2 Å². The molecule has 1 aromatic carbocycles. The van der Waals surface area contributed by atoms with Crippen molar-refractivity contribution in [2.24, 2.45) is 0 Å². The minimum atomic E-state index is -2.90. The van der Waals surface area contributed by atoms with Crippen molar-refractivity contribution in [2.45, 2.75) is 68.5 Å². The molecule has 1 N–H and O–H groups in total. The van der Waals surface area contributed by atoms with Crippen LogP contribution in [0, 0.1) is 17.1 Å². The largest absolute Gasteiger partial charge is 0.351 e. The van der Waals surface area contributed by atoms with E-state index in [4.69, 9.17) is 0 Å². The van der Waals surface area contributed by atoms with Crippen molar-refractivity contribution in [3.8, 4) is 6.07 Å². The molecule has 0 bridgehead atoms. The molecule has 9 nitrogen and oxygen atoms in total. The van der Waals surface area contributed by atoms with Crippen LogP contribution in [0.25, 0.3) is 0 Å². The number of nitrogens with zero attached hydrogens (tertiary/aromatic N) is 5. The van der Waals surface area contributed by atoms with Crippen LogP contribution in [0.5, 0.6) is 0 Å². The Kier molecular flexibility index (Phi) is 7.12. The van der Waals surface area contributed by atoms with E-state index in [0.29, 0.717) is 18.4 Å². The lowest BCUT2D eigenvalue weighted by Gasteiger charge is -2.48. The third kappa shape index (κ3) is 4.98. The maximum Gasteiger partial charge on any atom is 0.252 e. The van der Waals surface area contributed by atoms with Crippen molar-refractivity contribution in [3.63, 3.8) is 0 Å². The number of hydrogen-bond acceptors (Lipinski definition) is 6. The van der Waals surface area contributed by atoms with Crippen LogP contribution >= 0.6 is 0 Å². The SMILES string of the molecule is N#Cc1ccnc(N2C(=O)CC[C@H]2C(=O)N(c2cncc(F)c2)[C@@]2(C(=O)NC3CC(F)(F)C3)CCCc3ccccc32)c1. The first-order valence-electron chi connectivity index (χ1n) is 14.0. The summed E-state index contributed by atoms with van der Waals surface area (Å²) in [6.45, 7) is 0. The summed E-state index contributed by atoms with van der Waals surface area (Å²) in [6.07, 6.45) is 3.79. The zero-order chi connectivity index (χ0) is 30.4. The number of amides is 3. The van der Waals surface area contributed by atoms with Gasteiger partial charge in [-0.25, -0.2) is 18.2 Å². The molecule has 2 atom stereocenters. The number of carbonyl (C=O) groups excluding carboxylic acids is 3. The molecule has 1 saturated heterocycles. The Hall–Kier alpha value is -4.79. The molecule has 1 aliphatic heterocycles. The summed E-state index contributed by atoms with van der Waals surface area (Å²) in [6, 6.07) is 11.1. The van der Waals surface area contributed by atoms with Crippen LogP contribution < -0.4 is 15.1 Å². The molecule has 0 unspecified atom stereocenters. The van der Waals surface area contributed by atoms with E-state index in [9.17, 15) is 32.8 Å². The lowest BCUT2D eigenvalue weighted by molar-refractivity contribution is -0.138. The number of fused-ring (bicyclic) bond motifs is 1. The van der Waals surface area contributed by atoms with Crippen LogP contribution in [0.4, 0.5) is 24.7 Å². The predicted molar refractivity (Wildman–Crippen MR) is 148 cm³/mol. The van der Waals surface area contributed by atoms with Gasteiger partial charge in [0.05, 0.1) is 29.7 Å². The maximum atomic E-state index is 14.8. The quantitative estimate of drug-likeness (QED) is 0.462. The molecule has 2 aliphatic carbocycles. The fourth-order valence-corrected chi connectivity index (χ4v) is 6.48. The minimum absolute atomic E-state index is 0.00293. The zero-order valence-corrected chi connectivity index (χ0v) is 23.0. The summed E-state index contributed by atoms with van der Waals surface area (Å²) in [5, 5.41) is 12.2. The average Bonchev–Trinajstić information content (AvgIpc) is 3.37. The Bertz CT molecular complexity index is 1650. The number of pyridine rings is 2. The van der Waals surface area contributed by atoms with Gasteiger partial charge in [-0.2, -0.15) is 5.26 Å². The molecule has 220 valence electrons. The number of benzene rings is 1. The normalized spacial score (nSPS) is 22.7. The molecule has 0 radical (unpaired) electrons. The van der Waals surface area contributed by atoms with Crippen molar-refractivity contribution in [1.29, 1.82) is 5.26 Å². The van der Waals surface area contributed by atoms with Gasteiger partial charge in [-0.15, -0.1) is 0 Å². The first-order valence-corrected chi connectivity index (χ1v) is 14.0. The van der Waals surface area contributed by atoms with Crippen molar-refractivity contribution in [1.82, 2.24) is 15.3 Å². The van der Waals surface area contributed by atoms with Gasteiger partial charge in [-0.3, -0.25) is 29.2 Å². The van der Waals surface area contributed by atoms with Crippen LogP contribution in [0.2, 0.25) is 0 Å². The van der Waals surface area contributed by atoms with Crippen molar-refractivity contribution in [2.75, 3.05) is 9.80 Å². The van der Waals surface area contributed by atoms with Gasteiger partial charge in [0.15, 0.2) is 5.54 Å². The molecule has 6 rings (SSSR count). The molecule has 2 aromatic heterocycles. The van der Waals surface area contributed by atoms with Gasteiger partial charge in [0.1, 0.15) is 17.7 Å². The fraction of sp³-hybridized carbons (Fsp3) is 0.355. The third-order valence-corrected chi connectivity index (χ3v) is 8.42. The lowest BCUT2D eigenvalue weighted by Crippen LogP contribution is -2.65. The van der Waals surface area contributed by atoms with E-state index in [-0.39, 0.29) is 36.3 Å². The van der Waals surface area contributed by atoms with Gasteiger partial charge in [0, 0.05) is 37.6 Å².